The highest BCUT2D eigenvalue weighted by Crippen LogP contribution is 2.33. The lowest BCUT2D eigenvalue weighted by Crippen LogP contribution is -2.35. The number of sulfonamides is 1. The predicted octanol–water partition coefficient (Wildman–Crippen LogP) is 3.97. The highest BCUT2D eigenvalue weighted by molar-refractivity contribution is 7.89. The Morgan fingerprint density at radius 3 is 2.55 bits per heavy atom. The van der Waals surface area contributed by atoms with Gasteiger partial charge >= 0.3 is 0 Å². The first-order chi connectivity index (χ1) is 14.8. The molecular formula is C24H33N3O3S. The standard InChI is InChI=1S/C24H33N3O3S/c1-5-27(6-2)31(29,30)20-15-14-18(3)22(16-20)25-24(28)17-26(4)23-13-9-11-19-10-7-8-12-21(19)23/h7-8,10,12,14-16,23H,5-6,9,11,13,17H2,1-4H3,(H,25,28). The molecule has 0 aromatic heterocycles. The Morgan fingerprint density at radius 1 is 1.13 bits per heavy atom. The molecule has 1 N–H and O–H groups in total. The molecule has 1 aliphatic carbocycles. The van der Waals surface area contributed by atoms with Crippen LogP contribution in [0.2, 0.25) is 0 Å². The number of rotatable bonds is 8. The molecule has 1 atom stereocenters. The van der Waals surface area contributed by atoms with E-state index in [4.69, 9.17) is 0 Å². The summed E-state index contributed by atoms with van der Waals surface area (Å²) >= 11 is 0. The molecule has 168 valence electrons. The van der Waals surface area contributed by atoms with Gasteiger partial charge < -0.3 is 5.32 Å². The second-order valence-electron chi connectivity index (χ2n) is 8.14. The van der Waals surface area contributed by atoms with E-state index in [9.17, 15) is 13.2 Å². The van der Waals surface area contributed by atoms with E-state index < -0.39 is 10.0 Å². The van der Waals surface area contributed by atoms with Gasteiger partial charge in [-0.15, -0.1) is 0 Å². The number of hydrogen-bond acceptors (Lipinski definition) is 4. The average molecular weight is 444 g/mol. The summed E-state index contributed by atoms with van der Waals surface area (Å²) in [4.78, 5) is 15.1. The molecule has 0 aliphatic heterocycles. The summed E-state index contributed by atoms with van der Waals surface area (Å²) in [5.74, 6) is -0.147. The second-order valence-corrected chi connectivity index (χ2v) is 10.1. The van der Waals surface area contributed by atoms with Crippen LogP contribution in [0.4, 0.5) is 5.69 Å². The number of carbonyl (C=O) groups excluding carboxylic acids is 1. The van der Waals surface area contributed by atoms with Crippen LogP contribution in [0.1, 0.15) is 49.4 Å². The van der Waals surface area contributed by atoms with Gasteiger partial charge in [0, 0.05) is 24.8 Å². The van der Waals surface area contributed by atoms with Crippen molar-refractivity contribution in [3.05, 3.63) is 59.2 Å². The molecule has 31 heavy (non-hydrogen) atoms. The normalized spacial score (nSPS) is 16.4. The maximum absolute atomic E-state index is 12.8. The first-order valence-electron chi connectivity index (χ1n) is 11.0. The van der Waals surface area contributed by atoms with E-state index in [-0.39, 0.29) is 23.4 Å². The molecule has 3 rings (SSSR count). The van der Waals surface area contributed by atoms with Gasteiger partial charge in [0.05, 0.1) is 11.4 Å². The number of likely N-dealkylation sites (N-methyl/N-ethyl adjacent to an activating group) is 1. The maximum atomic E-state index is 12.8. The molecule has 0 saturated carbocycles. The summed E-state index contributed by atoms with van der Waals surface area (Å²) < 4.78 is 27.1. The van der Waals surface area contributed by atoms with Crippen molar-refractivity contribution >= 4 is 21.6 Å². The van der Waals surface area contributed by atoms with E-state index in [1.54, 1.807) is 18.2 Å². The zero-order chi connectivity index (χ0) is 22.6. The van der Waals surface area contributed by atoms with Crippen molar-refractivity contribution in [2.75, 3.05) is 32.0 Å². The molecule has 1 unspecified atom stereocenters. The lowest BCUT2D eigenvalue weighted by Gasteiger charge is -2.33. The lowest BCUT2D eigenvalue weighted by atomic mass is 9.87. The SMILES string of the molecule is CCN(CC)S(=O)(=O)c1ccc(C)c(NC(=O)CN(C)C2CCCc3ccccc32)c1. The van der Waals surface area contributed by atoms with E-state index in [1.165, 1.54) is 15.4 Å². The van der Waals surface area contributed by atoms with E-state index in [0.29, 0.717) is 18.8 Å². The monoisotopic (exact) mass is 443 g/mol. The van der Waals surface area contributed by atoms with Gasteiger partial charge in [0.25, 0.3) is 0 Å². The van der Waals surface area contributed by atoms with Crippen LogP contribution in [0, 0.1) is 6.92 Å². The van der Waals surface area contributed by atoms with Crippen LogP contribution in [-0.2, 0) is 21.2 Å². The summed E-state index contributed by atoms with van der Waals surface area (Å²) in [5, 5.41) is 2.93. The van der Waals surface area contributed by atoms with Gasteiger partial charge in [-0.25, -0.2) is 8.42 Å². The molecule has 0 bridgehead atoms. The van der Waals surface area contributed by atoms with Crippen molar-refractivity contribution in [3.8, 4) is 0 Å². The number of nitrogens with one attached hydrogen (secondary N) is 1. The summed E-state index contributed by atoms with van der Waals surface area (Å²) in [6.07, 6.45) is 3.22. The van der Waals surface area contributed by atoms with Crippen LogP contribution in [0.15, 0.2) is 47.4 Å². The van der Waals surface area contributed by atoms with Crippen molar-refractivity contribution in [3.63, 3.8) is 0 Å². The largest absolute Gasteiger partial charge is 0.325 e. The Morgan fingerprint density at radius 2 is 1.84 bits per heavy atom. The highest BCUT2D eigenvalue weighted by atomic mass is 32.2. The first-order valence-corrected chi connectivity index (χ1v) is 12.4. The van der Waals surface area contributed by atoms with Gasteiger partial charge in [0.1, 0.15) is 0 Å². The van der Waals surface area contributed by atoms with Crippen LogP contribution < -0.4 is 5.32 Å². The van der Waals surface area contributed by atoms with Gasteiger partial charge in [-0.3, -0.25) is 9.69 Å². The zero-order valence-electron chi connectivity index (χ0n) is 18.9. The zero-order valence-corrected chi connectivity index (χ0v) is 19.7. The third kappa shape index (κ3) is 5.17. The summed E-state index contributed by atoms with van der Waals surface area (Å²) in [6.45, 7) is 6.55. The summed E-state index contributed by atoms with van der Waals surface area (Å²) in [6, 6.07) is 13.6. The van der Waals surface area contributed by atoms with Gasteiger partial charge in [0.15, 0.2) is 0 Å². The Balaban J connectivity index is 1.74. The number of amides is 1. The molecular weight excluding hydrogens is 410 g/mol. The summed E-state index contributed by atoms with van der Waals surface area (Å²) in [7, 11) is -1.61. The van der Waals surface area contributed by atoms with Crippen molar-refractivity contribution in [2.24, 2.45) is 0 Å². The molecule has 0 fully saturated rings. The second kappa shape index (κ2) is 9.94. The Bertz CT molecular complexity index is 1030. The van der Waals surface area contributed by atoms with Crippen LogP contribution in [-0.4, -0.2) is 50.2 Å². The van der Waals surface area contributed by atoms with Crippen molar-refractivity contribution in [1.29, 1.82) is 0 Å². The molecule has 1 amide bonds. The van der Waals surface area contributed by atoms with E-state index in [1.807, 2.05) is 27.8 Å². The third-order valence-corrected chi connectivity index (χ3v) is 8.14. The molecule has 0 heterocycles. The van der Waals surface area contributed by atoms with Gasteiger partial charge in [-0.2, -0.15) is 4.31 Å². The molecule has 2 aromatic carbocycles. The highest BCUT2D eigenvalue weighted by Gasteiger charge is 2.25. The number of nitrogens with zero attached hydrogens (tertiary/aromatic N) is 2. The molecule has 0 saturated heterocycles. The Labute approximate surface area is 186 Å². The van der Waals surface area contributed by atoms with Crippen molar-refractivity contribution in [2.45, 2.75) is 51.0 Å². The fourth-order valence-electron chi connectivity index (χ4n) is 4.32. The van der Waals surface area contributed by atoms with Crippen LogP contribution in [0.5, 0.6) is 0 Å². The quantitative estimate of drug-likeness (QED) is 0.670. The van der Waals surface area contributed by atoms with Gasteiger partial charge in [-0.05, 0) is 62.1 Å². The van der Waals surface area contributed by atoms with Crippen molar-refractivity contribution in [1.82, 2.24) is 9.21 Å². The number of aryl methyl sites for hydroxylation is 2. The lowest BCUT2D eigenvalue weighted by molar-refractivity contribution is -0.117. The average Bonchev–Trinajstić information content (AvgIpc) is 2.75. The molecule has 6 nitrogen and oxygen atoms in total. The number of benzene rings is 2. The van der Waals surface area contributed by atoms with Crippen LogP contribution >= 0.6 is 0 Å². The molecule has 0 radical (unpaired) electrons. The number of fused-ring (bicyclic) bond motifs is 1. The fourth-order valence-corrected chi connectivity index (χ4v) is 5.81. The fraction of sp³-hybridized carbons (Fsp3) is 0.458. The minimum atomic E-state index is -3.58. The maximum Gasteiger partial charge on any atom is 0.243 e. The minimum absolute atomic E-state index is 0.147. The van der Waals surface area contributed by atoms with Gasteiger partial charge in [-0.1, -0.05) is 44.2 Å². The topological polar surface area (TPSA) is 69.7 Å². The molecule has 7 heteroatoms. The molecule has 2 aromatic rings. The number of hydrogen-bond donors (Lipinski definition) is 1. The predicted molar refractivity (Wildman–Crippen MR) is 125 cm³/mol. The van der Waals surface area contributed by atoms with E-state index in [2.05, 4.69) is 34.5 Å². The van der Waals surface area contributed by atoms with E-state index >= 15 is 0 Å². The molecule has 0 spiro atoms. The Hall–Kier alpha value is -2.22. The summed E-state index contributed by atoms with van der Waals surface area (Å²) in [5.41, 5.74) is 4.02. The Kier molecular flexibility index (Phi) is 7.51. The van der Waals surface area contributed by atoms with Gasteiger partial charge in [0.2, 0.25) is 15.9 Å². The smallest absolute Gasteiger partial charge is 0.243 e. The van der Waals surface area contributed by atoms with Crippen LogP contribution in [0.3, 0.4) is 0 Å². The number of carbonyl (C=O) groups is 1. The first kappa shape index (κ1) is 23.4. The number of anilines is 1. The van der Waals surface area contributed by atoms with E-state index in [0.717, 1.165) is 24.8 Å². The molecule has 1 aliphatic rings. The van der Waals surface area contributed by atoms with Crippen molar-refractivity contribution < 1.29 is 13.2 Å². The van der Waals surface area contributed by atoms with Crippen LogP contribution in [0.25, 0.3) is 0 Å². The third-order valence-electron chi connectivity index (χ3n) is 6.09. The minimum Gasteiger partial charge on any atom is -0.325 e.